The quantitative estimate of drug-likeness (QED) is 0.479. The van der Waals surface area contributed by atoms with Gasteiger partial charge in [0.1, 0.15) is 0 Å². The van der Waals surface area contributed by atoms with Gasteiger partial charge in [0.15, 0.2) is 0 Å². The van der Waals surface area contributed by atoms with Gasteiger partial charge >= 0.3 is 5.97 Å². The number of carbonyl (C=O) groups is 1. The zero-order valence-electron chi connectivity index (χ0n) is 15.2. The lowest BCUT2D eigenvalue weighted by atomic mass is 9.94. The van der Waals surface area contributed by atoms with Gasteiger partial charge in [-0.2, -0.15) is 10.2 Å². The first-order valence-corrected chi connectivity index (χ1v) is 9.47. The number of nitrogens with one attached hydrogen (secondary N) is 1. The number of ether oxygens (including phenoxy) is 1. The molecule has 2 aromatic heterocycles. The molecule has 0 spiro atoms. The zero-order valence-corrected chi connectivity index (χ0v) is 16.8. The fourth-order valence-corrected chi connectivity index (χ4v) is 4.07. The molecule has 2 heterocycles. The molecule has 1 unspecified atom stereocenters. The molecule has 0 fully saturated rings. The minimum atomic E-state index is -0.351. The van der Waals surface area contributed by atoms with Gasteiger partial charge in [-0.1, -0.05) is 29.8 Å². The lowest BCUT2D eigenvalue weighted by molar-refractivity contribution is 0.0601. The van der Waals surface area contributed by atoms with Crippen LogP contribution in [-0.4, -0.2) is 33.1 Å². The summed E-state index contributed by atoms with van der Waals surface area (Å²) in [5.41, 5.74) is 3.61. The van der Waals surface area contributed by atoms with Gasteiger partial charge < -0.3 is 4.74 Å². The van der Waals surface area contributed by atoms with Crippen molar-refractivity contribution in [3.63, 3.8) is 0 Å². The molecular formula is C20H19BrN4O2. The summed E-state index contributed by atoms with van der Waals surface area (Å²) in [6.45, 7) is 4.34. The maximum atomic E-state index is 11.8. The highest BCUT2D eigenvalue weighted by Gasteiger charge is 2.24. The molecule has 0 saturated carbocycles. The molecule has 0 amide bonds. The summed E-state index contributed by atoms with van der Waals surface area (Å²) in [7, 11) is 1.38. The minimum absolute atomic E-state index is 0.00641. The molecular weight excluding hydrogens is 408 g/mol. The van der Waals surface area contributed by atoms with Crippen LogP contribution in [-0.2, 0) is 4.74 Å². The normalized spacial score (nSPS) is 12.8. The van der Waals surface area contributed by atoms with Crippen LogP contribution in [0.3, 0.4) is 0 Å². The molecule has 1 N–H and O–H groups in total. The Morgan fingerprint density at radius 2 is 2.00 bits per heavy atom. The Balaban J connectivity index is 1.90. The van der Waals surface area contributed by atoms with Crippen molar-refractivity contribution in [2.75, 3.05) is 7.11 Å². The van der Waals surface area contributed by atoms with Gasteiger partial charge in [-0.15, -0.1) is 0 Å². The van der Waals surface area contributed by atoms with E-state index in [1.54, 1.807) is 12.3 Å². The number of esters is 1. The van der Waals surface area contributed by atoms with Gasteiger partial charge in [0.25, 0.3) is 0 Å². The van der Waals surface area contributed by atoms with Gasteiger partial charge in [0.05, 0.1) is 42.1 Å². The number of H-pyrrole nitrogens is 1. The molecule has 4 aromatic rings. The van der Waals surface area contributed by atoms with Gasteiger partial charge in [-0.3, -0.25) is 9.78 Å². The van der Waals surface area contributed by atoms with E-state index in [1.165, 1.54) is 7.11 Å². The monoisotopic (exact) mass is 426 g/mol. The van der Waals surface area contributed by atoms with Crippen LogP contribution in [0.25, 0.3) is 21.8 Å². The molecule has 1 atom stereocenters. The van der Waals surface area contributed by atoms with Crippen LogP contribution < -0.4 is 0 Å². The van der Waals surface area contributed by atoms with Crippen LogP contribution in [0.15, 0.2) is 47.2 Å². The molecule has 0 radical (unpaired) electrons. The molecule has 4 rings (SSSR count). The summed E-state index contributed by atoms with van der Waals surface area (Å²) in [6, 6.07) is 9.68. The fraction of sp³-hybridized carbons (Fsp3) is 0.250. The van der Waals surface area contributed by atoms with E-state index in [4.69, 9.17) is 4.74 Å². The number of aromatic nitrogens is 4. The molecule has 0 aliphatic heterocycles. The van der Waals surface area contributed by atoms with E-state index in [2.05, 4.69) is 51.1 Å². The van der Waals surface area contributed by atoms with Crippen molar-refractivity contribution in [1.82, 2.24) is 20.0 Å². The van der Waals surface area contributed by atoms with Crippen LogP contribution in [0.1, 0.15) is 35.8 Å². The molecule has 2 aromatic carbocycles. The maximum Gasteiger partial charge on any atom is 0.337 e. The second-order valence-electron chi connectivity index (χ2n) is 6.87. The fourth-order valence-electron chi connectivity index (χ4n) is 3.57. The Morgan fingerprint density at radius 3 is 2.74 bits per heavy atom. The van der Waals surface area contributed by atoms with Crippen molar-refractivity contribution in [3.8, 4) is 0 Å². The lowest BCUT2D eigenvalue weighted by Crippen LogP contribution is -2.18. The van der Waals surface area contributed by atoms with Crippen LogP contribution in [0.2, 0.25) is 0 Å². The van der Waals surface area contributed by atoms with Crippen LogP contribution in [0, 0.1) is 5.92 Å². The average Bonchev–Trinajstić information content (AvgIpc) is 3.27. The Morgan fingerprint density at radius 1 is 1.19 bits per heavy atom. The largest absolute Gasteiger partial charge is 0.465 e. The van der Waals surface area contributed by atoms with Crippen LogP contribution >= 0.6 is 15.9 Å². The van der Waals surface area contributed by atoms with E-state index < -0.39 is 0 Å². The van der Waals surface area contributed by atoms with Crippen molar-refractivity contribution in [2.24, 2.45) is 5.92 Å². The highest BCUT2D eigenvalue weighted by atomic mass is 79.9. The van der Waals surface area contributed by atoms with Crippen molar-refractivity contribution in [3.05, 3.63) is 58.3 Å². The number of aromatic amines is 1. The Bertz CT molecular complexity index is 1150. The average molecular weight is 427 g/mol. The summed E-state index contributed by atoms with van der Waals surface area (Å²) >= 11 is 3.61. The second kappa shape index (κ2) is 6.81. The number of hydrogen-bond acceptors (Lipinski definition) is 4. The predicted molar refractivity (Wildman–Crippen MR) is 108 cm³/mol. The van der Waals surface area contributed by atoms with Crippen LogP contribution in [0.4, 0.5) is 0 Å². The van der Waals surface area contributed by atoms with E-state index in [1.807, 2.05) is 29.1 Å². The number of carbonyl (C=O) groups excluding carboxylic acids is 1. The third-order valence-electron chi connectivity index (χ3n) is 4.77. The second-order valence-corrected chi connectivity index (χ2v) is 7.79. The van der Waals surface area contributed by atoms with Gasteiger partial charge in [-0.05, 0) is 36.2 Å². The number of fused-ring (bicyclic) bond motifs is 2. The first kappa shape index (κ1) is 17.7. The smallest absolute Gasteiger partial charge is 0.337 e. The van der Waals surface area contributed by atoms with Crippen molar-refractivity contribution in [2.45, 2.75) is 19.9 Å². The molecule has 0 saturated heterocycles. The number of hydrogen-bond donors (Lipinski definition) is 1. The Labute approximate surface area is 164 Å². The van der Waals surface area contributed by atoms with E-state index in [-0.39, 0.29) is 17.9 Å². The SMILES string of the molecule is COC(=O)c1ccc2c(cnn2C(c2cc(Br)cc3cn[nH]c23)C(C)C)c1. The van der Waals surface area contributed by atoms with E-state index in [9.17, 15) is 4.79 Å². The topological polar surface area (TPSA) is 72.8 Å². The van der Waals surface area contributed by atoms with Crippen LogP contribution in [0.5, 0.6) is 0 Å². The minimum Gasteiger partial charge on any atom is -0.465 e. The Hall–Kier alpha value is -2.67. The molecule has 0 aliphatic rings. The maximum absolute atomic E-state index is 11.8. The van der Waals surface area contributed by atoms with Gasteiger partial charge in [0.2, 0.25) is 0 Å². The van der Waals surface area contributed by atoms with E-state index in [0.717, 1.165) is 31.8 Å². The van der Waals surface area contributed by atoms with Gasteiger partial charge in [0, 0.05) is 20.8 Å². The van der Waals surface area contributed by atoms with E-state index >= 15 is 0 Å². The van der Waals surface area contributed by atoms with Crippen molar-refractivity contribution in [1.29, 1.82) is 0 Å². The first-order chi connectivity index (χ1) is 13.0. The number of rotatable bonds is 4. The summed E-state index contributed by atoms with van der Waals surface area (Å²) < 4.78 is 7.84. The highest BCUT2D eigenvalue weighted by molar-refractivity contribution is 9.10. The number of benzene rings is 2. The lowest BCUT2D eigenvalue weighted by Gasteiger charge is -2.24. The molecule has 7 heteroatoms. The third-order valence-corrected chi connectivity index (χ3v) is 5.23. The standard InChI is InChI=1S/C20H19BrN4O2/c1-11(2)19(16-8-15(21)7-14-9-22-24-18(14)16)25-17-5-4-12(20(26)27-3)6-13(17)10-23-25/h4-11,19H,1-3H3,(H,22,24). The molecule has 138 valence electrons. The molecule has 27 heavy (non-hydrogen) atoms. The number of nitrogens with zero attached hydrogens (tertiary/aromatic N) is 3. The zero-order chi connectivity index (χ0) is 19.1. The first-order valence-electron chi connectivity index (χ1n) is 8.67. The van der Waals surface area contributed by atoms with E-state index in [0.29, 0.717) is 5.56 Å². The molecule has 6 nitrogen and oxygen atoms in total. The number of methoxy groups -OCH3 is 1. The summed E-state index contributed by atoms with van der Waals surface area (Å²) in [6.07, 6.45) is 3.62. The molecule has 0 bridgehead atoms. The predicted octanol–water partition coefficient (Wildman–Crippen LogP) is 4.71. The summed E-state index contributed by atoms with van der Waals surface area (Å²) in [5.74, 6) is -0.0644. The van der Waals surface area contributed by atoms with Crippen molar-refractivity contribution < 1.29 is 9.53 Å². The third kappa shape index (κ3) is 3.02. The summed E-state index contributed by atoms with van der Waals surface area (Å²) in [5, 5.41) is 13.9. The van der Waals surface area contributed by atoms with Crippen molar-refractivity contribution >= 4 is 43.7 Å². The van der Waals surface area contributed by atoms with Gasteiger partial charge in [-0.25, -0.2) is 4.79 Å². The number of halogens is 1. The Kier molecular flexibility index (Phi) is 4.47. The summed E-state index contributed by atoms with van der Waals surface area (Å²) in [4.78, 5) is 11.8. The highest BCUT2D eigenvalue weighted by Crippen LogP contribution is 2.35. The molecule has 0 aliphatic carbocycles.